The van der Waals surface area contributed by atoms with Crippen LogP contribution in [0.15, 0.2) is 24.3 Å². The topological polar surface area (TPSA) is 67.4 Å². The Morgan fingerprint density at radius 1 is 1.26 bits per heavy atom. The molecule has 2 N–H and O–H groups in total. The van der Waals surface area contributed by atoms with Crippen molar-refractivity contribution in [2.45, 2.75) is 32.9 Å². The zero-order chi connectivity index (χ0) is 14.5. The average Bonchev–Trinajstić information content (AvgIpc) is 2.34. The second-order valence-corrected chi connectivity index (χ2v) is 5.13. The number of benzene rings is 1. The van der Waals surface area contributed by atoms with E-state index in [1.165, 1.54) is 0 Å². The molecule has 0 saturated carbocycles. The number of rotatable bonds is 3. The quantitative estimate of drug-likeness (QED) is 0.878. The van der Waals surface area contributed by atoms with Crippen LogP contribution in [0.3, 0.4) is 0 Å². The lowest BCUT2D eigenvalue weighted by molar-refractivity contribution is 0.0523. The first-order valence-corrected chi connectivity index (χ1v) is 6.09. The largest absolute Gasteiger partial charge is 0.444 e. The lowest BCUT2D eigenvalue weighted by Crippen LogP contribution is -2.32. The summed E-state index contributed by atoms with van der Waals surface area (Å²) in [5, 5.41) is 5.20. The standard InChI is InChI=1S/C14H20N2O3/c1-14(2,3)19-13(18)16-9-10-6-5-7-11(8-10)12(17)15-4/h5-8H,9H2,1-4H3,(H,15,17)(H,16,18). The Hall–Kier alpha value is -2.04. The molecule has 2 amide bonds. The summed E-state index contributed by atoms with van der Waals surface area (Å²) in [4.78, 5) is 23.0. The van der Waals surface area contributed by atoms with Gasteiger partial charge in [-0.2, -0.15) is 0 Å². The molecule has 1 aromatic rings. The zero-order valence-corrected chi connectivity index (χ0v) is 11.7. The number of carbonyl (C=O) groups excluding carboxylic acids is 2. The van der Waals surface area contributed by atoms with E-state index in [9.17, 15) is 9.59 Å². The first-order chi connectivity index (χ1) is 8.81. The first kappa shape index (κ1) is 15.0. The van der Waals surface area contributed by atoms with Gasteiger partial charge < -0.3 is 15.4 Å². The van der Waals surface area contributed by atoms with Gasteiger partial charge in [-0.05, 0) is 38.5 Å². The summed E-state index contributed by atoms with van der Waals surface area (Å²) in [6.07, 6.45) is -0.474. The highest BCUT2D eigenvalue weighted by Gasteiger charge is 2.15. The molecule has 0 spiro atoms. The maximum Gasteiger partial charge on any atom is 0.407 e. The molecule has 5 nitrogen and oxygen atoms in total. The van der Waals surface area contributed by atoms with Crippen molar-refractivity contribution in [1.29, 1.82) is 0 Å². The average molecular weight is 264 g/mol. The molecule has 0 aliphatic heterocycles. The van der Waals surface area contributed by atoms with E-state index >= 15 is 0 Å². The molecule has 0 radical (unpaired) electrons. The Bertz CT molecular complexity index is 464. The van der Waals surface area contributed by atoms with E-state index in [2.05, 4.69) is 10.6 Å². The van der Waals surface area contributed by atoms with Crippen LogP contribution in [0.2, 0.25) is 0 Å². The van der Waals surface area contributed by atoms with Crippen molar-refractivity contribution in [3.63, 3.8) is 0 Å². The lowest BCUT2D eigenvalue weighted by Gasteiger charge is -2.19. The van der Waals surface area contributed by atoms with Crippen LogP contribution in [-0.4, -0.2) is 24.6 Å². The number of nitrogens with one attached hydrogen (secondary N) is 2. The predicted octanol–water partition coefficient (Wildman–Crippen LogP) is 2.07. The summed E-state index contributed by atoms with van der Waals surface area (Å²) >= 11 is 0. The summed E-state index contributed by atoms with van der Waals surface area (Å²) in [7, 11) is 1.58. The van der Waals surface area contributed by atoms with Crippen LogP contribution in [0, 0.1) is 0 Å². The molecule has 0 saturated heterocycles. The molecular formula is C14H20N2O3. The highest BCUT2D eigenvalue weighted by Crippen LogP contribution is 2.08. The maximum absolute atomic E-state index is 11.5. The third-order valence-corrected chi connectivity index (χ3v) is 2.25. The van der Waals surface area contributed by atoms with E-state index in [1.54, 1.807) is 46.0 Å². The summed E-state index contributed by atoms with van der Waals surface area (Å²) in [6.45, 7) is 5.73. The van der Waals surface area contributed by atoms with E-state index in [-0.39, 0.29) is 5.91 Å². The summed E-state index contributed by atoms with van der Waals surface area (Å²) in [6, 6.07) is 7.06. The molecule has 0 heterocycles. The van der Waals surface area contributed by atoms with Crippen LogP contribution in [0.5, 0.6) is 0 Å². The fraction of sp³-hybridized carbons (Fsp3) is 0.429. The first-order valence-electron chi connectivity index (χ1n) is 6.09. The van der Waals surface area contributed by atoms with Crippen LogP contribution in [-0.2, 0) is 11.3 Å². The third kappa shape index (κ3) is 5.42. The van der Waals surface area contributed by atoms with Crippen LogP contribution in [0.1, 0.15) is 36.7 Å². The predicted molar refractivity (Wildman–Crippen MR) is 72.9 cm³/mol. The fourth-order valence-electron chi connectivity index (χ4n) is 1.46. The van der Waals surface area contributed by atoms with Crippen molar-refractivity contribution in [2.24, 2.45) is 0 Å². The van der Waals surface area contributed by atoms with Gasteiger partial charge in [0.15, 0.2) is 0 Å². The highest BCUT2D eigenvalue weighted by molar-refractivity contribution is 5.94. The van der Waals surface area contributed by atoms with Crippen LogP contribution >= 0.6 is 0 Å². The van der Waals surface area contributed by atoms with Gasteiger partial charge >= 0.3 is 6.09 Å². The third-order valence-electron chi connectivity index (χ3n) is 2.25. The second-order valence-electron chi connectivity index (χ2n) is 5.13. The molecule has 104 valence electrons. The molecule has 1 rings (SSSR count). The Balaban J connectivity index is 2.59. The number of ether oxygens (including phenoxy) is 1. The van der Waals surface area contributed by atoms with Gasteiger partial charge in [-0.15, -0.1) is 0 Å². The van der Waals surface area contributed by atoms with Crippen LogP contribution in [0.4, 0.5) is 4.79 Å². The zero-order valence-electron chi connectivity index (χ0n) is 11.7. The fourth-order valence-corrected chi connectivity index (χ4v) is 1.46. The van der Waals surface area contributed by atoms with E-state index in [1.807, 2.05) is 6.07 Å². The van der Waals surface area contributed by atoms with Crippen molar-refractivity contribution in [3.05, 3.63) is 35.4 Å². The van der Waals surface area contributed by atoms with Crippen molar-refractivity contribution in [1.82, 2.24) is 10.6 Å². The Kier molecular flexibility index (Phi) is 4.92. The van der Waals surface area contributed by atoms with Gasteiger partial charge in [-0.25, -0.2) is 4.79 Å². The van der Waals surface area contributed by atoms with Crippen molar-refractivity contribution in [2.75, 3.05) is 7.05 Å². The number of alkyl carbamates (subject to hydrolysis) is 1. The Labute approximate surface area is 113 Å². The minimum absolute atomic E-state index is 0.154. The number of carbonyl (C=O) groups is 2. The van der Waals surface area contributed by atoms with E-state index in [4.69, 9.17) is 4.74 Å². The van der Waals surface area contributed by atoms with E-state index < -0.39 is 11.7 Å². The van der Waals surface area contributed by atoms with Gasteiger partial charge in [-0.1, -0.05) is 12.1 Å². The van der Waals surface area contributed by atoms with Gasteiger partial charge in [0, 0.05) is 19.2 Å². The molecule has 5 heteroatoms. The molecule has 1 aromatic carbocycles. The minimum atomic E-state index is -0.520. The molecular weight excluding hydrogens is 244 g/mol. The number of hydrogen-bond donors (Lipinski definition) is 2. The number of amides is 2. The van der Waals surface area contributed by atoms with Gasteiger partial charge in [0.2, 0.25) is 0 Å². The summed E-state index contributed by atoms with van der Waals surface area (Å²) < 4.78 is 5.13. The monoisotopic (exact) mass is 264 g/mol. The SMILES string of the molecule is CNC(=O)c1cccc(CNC(=O)OC(C)(C)C)c1. The molecule has 0 unspecified atom stereocenters. The van der Waals surface area contributed by atoms with Gasteiger partial charge in [0.05, 0.1) is 0 Å². The van der Waals surface area contributed by atoms with Crippen molar-refractivity contribution >= 4 is 12.0 Å². The van der Waals surface area contributed by atoms with Crippen molar-refractivity contribution < 1.29 is 14.3 Å². The molecule has 0 atom stereocenters. The normalized spacial score (nSPS) is 10.7. The van der Waals surface area contributed by atoms with Gasteiger partial charge in [-0.3, -0.25) is 4.79 Å². The molecule has 0 aliphatic rings. The van der Waals surface area contributed by atoms with E-state index in [0.29, 0.717) is 12.1 Å². The maximum atomic E-state index is 11.5. The van der Waals surface area contributed by atoms with Gasteiger partial charge in [0.25, 0.3) is 5.91 Å². The van der Waals surface area contributed by atoms with E-state index in [0.717, 1.165) is 5.56 Å². The Morgan fingerprint density at radius 3 is 2.53 bits per heavy atom. The van der Waals surface area contributed by atoms with Crippen molar-refractivity contribution in [3.8, 4) is 0 Å². The number of hydrogen-bond acceptors (Lipinski definition) is 3. The second kappa shape index (κ2) is 6.22. The molecule has 0 aromatic heterocycles. The molecule has 0 aliphatic carbocycles. The summed E-state index contributed by atoms with van der Waals surface area (Å²) in [5.41, 5.74) is 0.881. The van der Waals surface area contributed by atoms with Crippen LogP contribution in [0.25, 0.3) is 0 Å². The smallest absolute Gasteiger partial charge is 0.407 e. The summed E-state index contributed by atoms with van der Waals surface area (Å²) in [5.74, 6) is -0.154. The highest BCUT2D eigenvalue weighted by atomic mass is 16.6. The molecule has 0 bridgehead atoms. The van der Waals surface area contributed by atoms with Crippen LogP contribution < -0.4 is 10.6 Å². The Morgan fingerprint density at radius 2 is 1.95 bits per heavy atom. The molecule has 19 heavy (non-hydrogen) atoms. The van der Waals surface area contributed by atoms with Gasteiger partial charge in [0.1, 0.15) is 5.60 Å². The molecule has 0 fully saturated rings. The lowest BCUT2D eigenvalue weighted by atomic mass is 10.1. The minimum Gasteiger partial charge on any atom is -0.444 e.